The van der Waals surface area contributed by atoms with E-state index in [1.54, 1.807) is 27.0 Å². The first-order valence-electron chi connectivity index (χ1n) is 10.5. The fraction of sp³-hybridized carbons (Fsp3) is 0.500. The third-order valence-electron chi connectivity index (χ3n) is 4.67. The van der Waals surface area contributed by atoms with E-state index in [1.807, 2.05) is 30.7 Å². The highest BCUT2D eigenvalue weighted by Crippen LogP contribution is 2.28. The van der Waals surface area contributed by atoms with E-state index in [0.717, 1.165) is 40.6 Å². The average molecular weight is 462 g/mol. The Labute approximate surface area is 189 Å². The van der Waals surface area contributed by atoms with E-state index in [1.165, 1.54) is 0 Å². The number of carbonyl (C=O) groups excluding carboxylic acids is 1. The van der Waals surface area contributed by atoms with Gasteiger partial charge in [-0.1, -0.05) is 6.42 Å². The maximum absolute atomic E-state index is 11.9. The third kappa shape index (κ3) is 7.66. The van der Waals surface area contributed by atoms with Crippen molar-refractivity contribution in [2.24, 2.45) is 0 Å². The Morgan fingerprint density at radius 3 is 2.44 bits per heavy atom. The van der Waals surface area contributed by atoms with Crippen LogP contribution in [0.25, 0.3) is 10.9 Å². The molecular weight excluding hydrogens is 430 g/mol. The number of aromatic nitrogens is 1. The van der Waals surface area contributed by atoms with Gasteiger partial charge in [-0.05, 0) is 70.7 Å². The molecule has 0 aliphatic carbocycles. The van der Waals surface area contributed by atoms with Gasteiger partial charge >= 0.3 is 16.3 Å². The quantitative estimate of drug-likeness (QED) is 0.485. The van der Waals surface area contributed by atoms with Crippen LogP contribution in [0.4, 0.5) is 10.5 Å². The lowest BCUT2D eigenvalue weighted by Crippen LogP contribution is -2.43. The van der Waals surface area contributed by atoms with E-state index in [-0.39, 0.29) is 6.54 Å². The number of unbranched alkanes of at least 4 members (excludes halogenated alkanes) is 2. The molecule has 174 valence electrons. The molecule has 0 fully saturated rings. The van der Waals surface area contributed by atoms with Gasteiger partial charge in [-0.2, -0.15) is 18.4 Å². The lowest BCUT2D eigenvalue weighted by Gasteiger charge is -2.19. The summed E-state index contributed by atoms with van der Waals surface area (Å²) < 4.78 is 32.8. The number of fused-ring (bicyclic) bond motifs is 1. The van der Waals surface area contributed by atoms with Crippen molar-refractivity contribution in [1.82, 2.24) is 14.4 Å². The van der Waals surface area contributed by atoms with Crippen LogP contribution in [-0.4, -0.2) is 38.2 Å². The number of ether oxygens (including phenoxy) is 1. The van der Waals surface area contributed by atoms with Gasteiger partial charge < -0.3 is 10.1 Å². The summed E-state index contributed by atoms with van der Waals surface area (Å²) in [5.41, 5.74) is 3.58. The molecule has 0 bridgehead atoms. The Bertz CT molecular complexity index is 1120. The molecule has 3 N–H and O–H groups in total. The van der Waals surface area contributed by atoms with Crippen LogP contribution in [0.2, 0.25) is 0 Å². The minimum absolute atomic E-state index is 0.193. The van der Waals surface area contributed by atoms with Crippen molar-refractivity contribution in [1.29, 1.82) is 5.26 Å². The van der Waals surface area contributed by atoms with E-state index in [9.17, 15) is 18.5 Å². The second-order valence-electron chi connectivity index (χ2n) is 8.60. The predicted molar refractivity (Wildman–Crippen MR) is 125 cm³/mol. The zero-order valence-electron chi connectivity index (χ0n) is 19.2. The first-order valence-corrected chi connectivity index (χ1v) is 11.9. The summed E-state index contributed by atoms with van der Waals surface area (Å²) in [7, 11) is -3.96. The molecular formula is C22H31N5O4S. The molecule has 1 heterocycles. The minimum atomic E-state index is -3.96. The molecule has 1 aromatic carbocycles. The summed E-state index contributed by atoms with van der Waals surface area (Å²) in [4.78, 5) is 16.0. The number of anilines is 1. The van der Waals surface area contributed by atoms with E-state index in [4.69, 9.17) is 4.74 Å². The van der Waals surface area contributed by atoms with Crippen LogP contribution in [0.5, 0.6) is 0 Å². The SMILES string of the molecule is Cc1cc2ncc(C#N)c(NCCCCCNS(=O)(=O)NC(=O)OC(C)(C)C)c2cc1C. The second-order valence-corrected chi connectivity index (χ2v) is 10.1. The molecule has 32 heavy (non-hydrogen) atoms. The number of aryl methyl sites for hydroxylation is 2. The Kier molecular flexibility index (Phi) is 8.41. The van der Waals surface area contributed by atoms with Gasteiger partial charge in [-0.25, -0.2) is 9.52 Å². The first-order chi connectivity index (χ1) is 14.9. The lowest BCUT2D eigenvalue weighted by atomic mass is 10.0. The molecule has 0 aliphatic rings. The summed E-state index contributed by atoms with van der Waals surface area (Å²) in [6, 6.07) is 6.23. The predicted octanol–water partition coefficient (Wildman–Crippen LogP) is 3.66. The fourth-order valence-corrected chi connectivity index (χ4v) is 3.76. The van der Waals surface area contributed by atoms with Crippen LogP contribution in [-0.2, 0) is 14.9 Å². The Morgan fingerprint density at radius 1 is 1.12 bits per heavy atom. The topological polar surface area (TPSA) is 133 Å². The number of hydrogen-bond acceptors (Lipinski definition) is 7. The van der Waals surface area contributed by atoms with Gasteiger partial charge in [0.1, 0.15) is 11.7 Å². The smallest absolute Gasteiger partial charge is 0.422 e. The van der Waals surface area contributed by atoms with Crippen molar-refractivity contribution in [2.75, 3.05) is 18.4 Å². The molecule has 0 unspecified atom stereocenters. The van der Waals surface area contributed by atoms with E-state index >= 15 is 0 Å². The summed E-state index contributed by atoms with van der Waals surface area (Å²) in [5, 5.41) is 13.7. The van der Waals surface area contributed by atoms with Crippen molar-refractivity contribution in [3.05, 3.63) is 35.0 Å². The molecule has 10 heteroatoms. The van der Waals surface area contributed by atoms with Gasteiger partial charge in [0.2, 0.25) is 0 Å². The molecule has 0 aliphatic heterocycles. The second kappa shape index (κ2) is 10.6. The first kappa shape index (κ1) is 25.4. The van der Waals surface area contributed by atoms with E-state index < -0.39 is 21.9 Å². The molecule has 0 spiro atoms. The Hall–Kier alpha value is -2.90. The minimum Gasteiger partial charge on any atom is -0.443 e. The van der Waals surface area contributed by atoms with Crippen LogP contribution in [0.1, 0.15) is 56.7 Å². The number of rotatable bonds is 9. The van der Waals surface area contributed by atoms with Gasteiger partial charge in [0.25, 0.3) is 0 Å². The van der Waals surface area contributed by atoms with Gasteiger partial charge in [0, 0.05) is 24.7 Å². The molecule has 1 aromatic heterocycles. The monoisotopic (exact) mass is 461 g/mol. The van der Waals surface area contributed by atoms with Crippen LogP contribution >= 0.6 is 0 Å². The maximum Gasteiger partial charge on any atom is 0.422 e. The van der Waals surface area contributed by atoms with Gasteiger partial charge in [0.15, 0.2) is 0 Å². The zero-order chi connectivity index (χ0) is 23.9. The van der Waals surface area contributed by atoms with E-state index in [2.05, 4.69) is 21.1 Å². The molecule has 0 saturated carbocycles. The summed E-state index contributed by atoms with van der Waals surface area (Å²) >= 11 is 0. The summed E-state index contributed by atoms with van der Waals surface area (Å²) in [5.74, 6) is 0. The summed E-state index contributed by atoms with van der Waals surface area (Å²) in [6.07, 6.45) is 2.69. The number of hydrogen-bond donors (Lipinski definition) is 3. The number of nitrogens with zero attached hydrogens (tertiary/aromatic N) is 2. The average Bonchev–Trinajstić information content (AvgIpc) is 2.66. The highest BCUT2D eigenvalue weighted by Gasteiger charge is 2.20. The molecule has 2 aromatic rings. The molecule has 0 radical (unpaired) electrons. The number of carbonyl (C=O) groups is 1. The third-order valence-corrected chi connectivity index (χ3v) is 5.69. The van der Waals surface area contributed by atoms with E-state index in [0.29, 0.717) is 18.5 Å². The summed E-state index contributed by atoms with van der Waals surface area (Å²) in [6.45, 7) is 9.82. The molecule has 0 atom stereocenters. The normalized spacial score (nSPS) is 11.8. The molecule has 2 rings (SSSR count). The number of nitrogens with one attached hydrogen (secondary N) is 3. The zero-order valence-corrected chi connectivity index (χ0v) is 20.0. The van der Waals surface area contributed by atoms with Crippen LogP contribution in [0.3, 0.4) is 0 Å². The number of amides is 1. The highest BCUT2D eigenvalue weighted by molar-refractivity contribution is 7.88. The highest BCUT2D eigenvalue weighted by atomic mass is 32.2. The standard InChI is InChI=1S/C22H31N5O4S/c1-15-11-18-19(12-16(15)2)25-14-17(13-23)20(18)24-9-7-6-8-10-26-32(29,30)27-21(28)31-22(3,4)5/h11-12,14,26H,6-10H2,1-5H3,(H,24,25)(H,27,28). The van der Waals surface area contributed by atoms with Crippen LogP contribution < -0.4 is 14.8 Å². The maximum atomic E-state index is 11.9. The van der Waals surface area contributed by atoms with Crippen molar-refractivity contribution < 1.29 is 17.9 Å². The Morgan fingerprint density at radius 2 is 1.78 bits per heavy atom. The Balaban J connectivity index is 1.81. The van der Waals surface area contributed by atoms with Crippen LogP contribution in [0.15, 0.2) is 18.3 Å². The van der Waals surface area contributed by atoms with Gasteiger partial charge in [-0.15, -0.1) is 0 Å². The van der Waals surface area contributed by atoms with Crippen molar-refractivity contribution in [3.63, 3.8) is 0 Å². The number of benzene rings is 1. The van der Waals surface area contributed by atoms with Crippen LogP contribution in [0, 0.1) is 25.2 Å². The fourth-order valence-electron chi connectivity index (χ4n) is 3.02. The van der Waals surface area contributed by atoms with Crippen molar-refractivity contribution >= 4 is 32.9 Å². The largest absolute Gasteiger partial charge is 0.443 e. The molecule has 1 amide bonds. The van der Waals surface area contributed by atoms with Crippen molar-refractivity contribution in [2.45, 2.75) is 59.5 Å². The molecule has 0 saturated heterocycles. The van der Waals surface area contributed by atoms with Crippen molar-refractivity contribution in [3.8, 4) is 6.07 Å². The lowest BCUT2D eigenvalue weighted by molar-refractivity contribution is 0.0569. The van der Waals surface area contributed by atoms with Gasteiger partial charge in [0.05, 0.1) is 16.8 Å². The molecule has 9 nitrogen and oxygen atoms in total. The number of nitriles is 1. The number of pyridine rings is 1. The van der Waals surface area contributed by atoms with Gasteiger partial charge in [-0.3, -0.25) is 4.98 Å².